The van der Waals surface area contributed by atoms with Gasteiger partial charge in [0.15, 0.2) is 0 Å². The van der Waals surface area contributed by atoms with E-state index in [1.54, 1.807) is 30.3 Å². The number of benzene rings is 2. The fourth-order valence-corrected chi connectivity index (χ4v) is 1.91. The topological polar surface area (TPSA) is 81.1 Å². The fraction of sp³-hybridized carbons (Fsp3) is 0.133. The van der Waals surface area contributed by atoms with E-state index >= 15 is 0 Å². The number of amides is 1. The summed E-state index contributed by atoms with van der Waals surface area (Å²) >= 11 is 0. The summed E-state index contributed by atoms with van der Waals surface area (Å²) in [6, 6.07) is 11.5. The second-order valence-corrected chi connectivity index (χ2v) is 4.43. The minimum absolute atomic E-state index is 0.216. The molecule has 0 spiro atoms. The molecule has 0 radical (unpaired) electrons. The third-order valence-corrected chi connectivity index (χ3v) is 3.00. The number of primary amides is 1. The highest BCUT2D eigenvalue weighted by atomic mass is 19.1. The van der Waals surface area contributed by atoms with Crippen LogP contribution in [0, 0.1) is 5.82 Å². The largest absolute Gasteiger partial charge is 0.397 e. The molecule has 0 saturated carbocycles. The average molecular weight is 273 g/mol. The van der Waals surface area contributed by atoms with Gasteiger partial charge < -0.3 is 16.8 Å². The van der Waals surface area contributed by atoms with Crippen molar-refractivity contribution in [3.63, 3.8) is 0 Å². The van der Waals surface area contributed by atoms with Crippen molar-refractivity contribution in [2.45, 2.75) is 6.42 Å². The third-order valence-electron chi connectivity index (χ3n) is 3.00. The second kappa shape index (κ2) is 6.06. The Bertz CT molecular complexity index is 628. The molecule has 0 atom stereocenters. The predicted octanol–water partition coefficient (Wildman–Crippen LogP) is 2.16. The van der Waals surface area contributed by atoms with Gasteiger partial charge in [-0.15, -0.1) is 0 Å². The molecule has 0 heterocycles. The molecular formula is C15H16FN3O. The lowest BCUT2D eigenvalue weighted by Gasteiger charge is -2.10. The first-order valence-corrected chi connectivity index (χ1v) is 6.24. The number of rotatable bonds is 5. The van der Waals surface area contributed by atoms with Crippen LogP contribution in [-0.2, 0) is 6.42 Å². The van der Waals surface area contributed by atoms with Gasteiger partial charge in [0, 0.05) is 12.1 Å². The fourth-order valence-electron chi connectivity index (χ4n) is 1.91. The zero-order valence-electron chi connectivity index (χ0n) is 10.9. The lowest BCUT2D eigenvalue weighted by Crippen LogP contribution is -2.12. The van der Waals surface area contributed by atoms with E-state index < -0.39 is 5.91 Å². The van der Waals surface area contributed by atoms with Crippen molar-refractivity contribution in [3.8, 4) is 0 Å². The Balaban J connectivity index is 1.98. The average Bonchev–Trinajstić information content (AvgIpc) is 2.42. The highest BCUT2D eigenvalue weighted by molar-refractivity contribution is 5.94. The Hall–Kier alpha value is -2.56. The number of hydrogen-bond donors (Lipinski definition) is 3. The van der Waals surface area contributed by atoms with E-state index in [1.165, 1.54) is 12.1 Å². The summed E-state index contributed by atoms with van der Waals surface area (Å²) in [5, 5.41) is 3.11. The van der Waals surface area contributed by atoms with Crippen molar-refractivity contribution in [1.29, 1.82) is 0 Å². The van der Waals surface area contributed by atoms with Crippen molar-refractivity contribution in [1.82, 2.24) is 0 Å². The van der Waals surface area contributed by atoms with Crippen LogP contribution >= 0.6 is 0 Å². The summed E-state index contributed by atoms with van der Waals surface area (Å²) in [5.74, 6) is -0.735. The molecule has 0 aromatic heterocycles. The summed E-state index contributed by atoms with van der Waals surface area (Å²) in [7, 11) is 0. The number of anilines is 2. The molecule has 0 aliphatic carbocycles. The van der Waals surface area contributed by atoms with Crippen LogP contribution in [0.15, 0.2) is 42.5 Å². The van der Waals surface area contributed by atoms with Gasteiger partial charge in [0.2, 0.25) is 5.91 Å². The zero-order chi connectivity index (χ0) is 14.5. The summed E-state index contributed by atoms with van der Waals surface area (Å²) in [6.45, 7) is 0.543. The summed E-state index contributed by atoms with van der Waals surface area (Å²) < 4.78 is 13.4. The first-order valence-electron chi connectivity index (χ1n) is 6.24. The van der Waals surface area contributed by atoms with Gasteiger partial charge in [-0.3, -0.25) is 4.79 Å². The van der Waals surface area contributed by atoms with E-state index in [1.807, 2.05) is 0 Å². The highest BCUT2D eigenvalue weighted by Crippen LogP contribution is 2.19. The van der Waals surface area contributed by atoms with Gasteiger partial charge in [0.1, 0.15) is 5.82 Å². The Morgan fingerprint density at radius 2 is 1.95 bits per heavy atom. The summed E-state index contributed by atoms with van der Waals surface area (Å²) in [5.41, 5.74) is 13.1. The lowest BCUT2D eigenvalue weighted by atomic mass is 10.1. The van der Waals surface area contributed by atoms with Gasteiger partial charge in [-0.1, -0.05) is 18.2 Å². The lowest BCUT2D eigenvalue weighted by molar-refractivity contribution is 0.100. The number of nitrogens with two attached hydrogens (primary N) is 2. The second-order valence-electron chi connectivity index (χ2n) is 4.43. The molecule has 0 unspecified atom stereocenters. The van der Waals surface area contributed by atoms with E-state index in [9.17, 15) is 9.18 Å². The molecule has 0 fully saturated rings. The Morgan fingerprint density at radius 1 is 1.20 bits per heavy atom. The summed E-state index contributed by atoms with van der Waals surface area (Å²) in [6.07, 6.45) is 0.545. The number of carbonyl (C=O) groups excluding carboxylic acids is 1. The smallest absolute Gasteiger partial charge is 0.248 e. The van der Waals surface area contributed by atoms with E-state index in [4.69, 9.17) is 11.5 Å². The van der Waals surface area contributed by atoms with Crippen molar-refractivity contribution < 1.29 is 9.18 Å². The maximum atomic E-state index is 13.4. The molecule has 2 rings (SSSR count). The molecule has 20 heavy (non-hydrogen) atoms. The quantitative estimate of drug-likeness (QED) is 0.730. The van der Waals surface area contributed by atoms with E-state index in [0.29, 0.717) is 35.5 Å². The molecule has 4 nitrogen and oxygen atoms in total. The monoisotopic (exact) mass is 273 g/mol. The van der Waals surface area contributed by atoms with Gasteiger partial charge in [-0.25, -0.2) is 4.39 Å². The first-order chi connectivity index (χ1) is 9.58. The van der Waals surface area contributed by atoms with Crippen LogP contribution in [0.3, 0.4) is 0 Å². The normalized spacial score (nSPS) is 10.2. The standard InChI is InChI=1S/C15H16FN3O/c16-12-4-2-1-3-10(12)7-8-19-14-6-5-11(15(18)20)9-13(14)17/h1-6,9,19H,7-8,17H2,(H2,18,20). The first kappa shape index (κ1) is 13.9. The van der Waals surface area contributed by atoms with Crippen molar-refractivity contribution in [2.24, 2.45) is 5.73 Å². The van der Waals surface area contributed by atoms with E-state index in [-0.39, 0.29) is 5.82 Å². The molecule has 104 valence electrons. The van der Waals surface area contributed by atoms with Crippen LogP contribution in [0.25, 0.3) is 0 Å². The number of carbonyl (C=O) groups is 1. The van der Waals surface area contributed by atoms with Crippen LogP contribution in [0.1, 0.15) is 15.9 Å². The molecular weight excluding hydrogens is 257 g/mol. The van der Waals surface area contributed by atoms with Gasteiger partial charge in [-0.05, 0) is 36.2 Å². The van der Waals surface area contributed by atoms with Crippen LogP contribution in [0.5, 0.6) is 0 Å². The van der Waals surface area contributed by atoms with Crippen LogP contribution in [0.2, 0.25) is 0 Å². The van der Waals surface area contributed by atoms with Crippen molar-refractivity contribution in [2.75, 3.05) is 17.6 Å². The Labute approximate surface area is 116 Å². The number of nitrogen functional groups attached to an aromatic ring is 1. The third kappa shape index (κ3) is 3.26. The molecule has 5 heteroatoms. The molecule has 0 aliphatic rings. The van der Waals surface area contributed by atoms with Gasteiger partial charge in [0.25, 0.3) is 0 Å². The molecule has 2 aromatic rings. The van der Waals surface area contributed by atoms with Gasteiger partial charge >= 0.3 is 0 Å². The molecule has 1 amide bonds. The molecule has 0 saturated heterocycles. The molecule has 0 bridgehead atoms. The van der Waals surface area contributed by atoms with Crippen molar-refractivity contribution >= 4 is 17.3 Å². The SMILES string of the molecule is NC(=O)c1ccc(NCCc2ccccc2F)c(N)c1. The number of hydrogen-bond acceptors (Lipinski definition) is 3. The minimum Gasteiger partial charge on any atom is -0.397 e. The molecule has 0 aliphatic heterocycles. The van der Waals surface area contributed by atoms with E-state index in [2.05, 4.69) is 5.32 Å². The van der Waals surface area contributed by atoms with Gasteiger partial charge in [0.05, 0.1) is 11.4 Å². The van der Waals surface area contributed by atoms with Crippen LogP contribution < -0.4 is 16.8 Å². The number of halogens is 1. The Kier molecular flexibility index (Phi) is 4.20. The minimum atomic E-state index is -0.519. The maximum Gasteiger partial charge on any atom is 0.248 e. The van der Waals surface area contributed by atoms with Crippen molar-refractivity contribution in [3.05, 3.63) is 59.4 Å². The zero-order valence-corrected chi connectivity index (χ0v) is 10.9. The maximum absolute atomic E-state index is 13.4. The van der Waals surface area contributed by atoms with Gasteiger partial charge in [-0.2, -0.15) is 0 Å². The molecule has 2 aromatic carbocycles. The highest BCUT2D eigenvalue weighted by Gasteiger charge is 2.05. The summed E-state index contributed by atoms with van der Waals surface area (Å²) in [4.78, 5) is 11.0. The number of nitrogens with one attached hydrogen (secondary N) is 1. The Morgan fingerprint density at radius 3 is 2.60 bits per heavy atom. The van der Waals surface area contributed by atoms with Crippen LogP contribution in [0.4, 0.5) is 15.8 Å². The van der Waals surface area contributed by atoms with Crippen LogP contribution in [-0.4, -0.2) is 12.5 Å². The predicted molar refractivity (Wildman–Crippen MR) is 78.0 cm³/mol. The molecule has 5 N–H and O–H groups in total. The van der Waals surface area contributed by atoms with E-state index in [0.717, 1.165) is 0 Å².